The molecule has 0 aliphatic rings. The van der Waals surface area contributed by atoms with Crippen LogP contribution >= 0.6 is 21.8 Å². The minimum atomic E-state index is -0.918. The second kappa shape index (κ2) is 5.35. The predicted molar refractivity (Wildman–Crippen MR) is 60.2 cm³/mol. The van der Waals surface area contributed by atoms with Gasteiger partial charge >= 0.3 is 0 Å². The van der Waals surface area contributed by atoms with E-state index >= 15 is 0 Å². The van der Waals surface area contributed by atoms with E-state index in [9.17, 15) is 0 Å². The molecule has 0 saturated carbocycles. The van der Waals surface area contributed by atoms with Crippen molar-refractivity contribution in [2.45, 2.75) is 39.3 Å². The fourth-order valence-corrected chi connectivity index (χ4v) is 2.18. The molecular formula is C8H17ISi. The van der Waals surface area contributed by atoms with E-state index in [4.69, 9.17) is 0 Å². The normalized spacial score (nSPS) is 12.8. The van der Waals surface area contributed by atoms with Gasteiger partial charge in [-0.25, -0.2) is 0 Å². The highest BCUT2D eigenvalue weighted by Gasteiger charge is 2.08. The molecule has 0 aromatic carbocycles. The maximum atomic E-state index is 2.58. The summed E-state index contributed by atoms with van der Waals surface area (Å²) >= 11 is 2.58. The maximum absolute atomic E-state index is 2.58. The van der Waals surface area contributed by atoms with Gasteiger partial charge in [-0.2, -0.15) is 0 Å². The summed E-state index contributed by atoms with van der Waals surface area (Å²) in [5.41, 5.74) is 1.50. The van der Waals surface area contributed by atoms with Gasteiger partial charge in [-0.05, 0) is 6.42 Å². The van der Waals surface area contributed by atoms with Crippen molar-refractivity contribution in [3.05, 3.63) is 11.8 Å². The minimum absolute atomic E-state index is 0.918. The molecular weight excluding hydrogens is 251 g/mol. The minimum Gasteiger partial charge on any atom is -0.114 e. The average Bonchev–Trinajstić information content (AvgIpc) is 1.78. The molecule has 0 bridgehead atoms. The first-order chi connectivity index (χ1) is 4.56. The molecule has 0 aromatic heterocycles. The molecule has 0 amide bonds. The van der Waals surface area contributed by atoms with Crippen LogP contribution in [0.1, 0.15) is 26.2 Å². The van der Waals surface area contributed by atoms with Gasteiger partial charge in [0.2, 0.25) is 0 Å². The summed E-state index contributed by atoms with van der Waals surface area (Å²) < 4.78 is 0. The van der Waals surface area contributed by atoms with Crippen molar-refractivity contribution in [3.63, 3.8) is 0 Å². The van der Waals surface area contributed by atoms with E-state index in [1.54, 1.807) is 0 Å². The summed E-state index contributed by atoms with van der Waals surface area (Å²) in [5, 5.41) is 0. The number of allylic oxidation sites excluding steroid dienone is 1. The van der Waals surface area contributed by atoms with Gasteiger partial charge in [0.25, 0.3) is 0 Å². The van der Waals surface area contributed by atoms with Crippen LogP contribution in [0.5, 0.6) is 0 Å². The zero-order chi connectivity index (χ0) is 8.04. The highest BCUT2D eigenvalue weighted by Crippen LogP contribution is 2.13. The zero-order valence-electron chi connectivity index (χ0n) is 7.15. The number of unbranched alkanes of at least 4 members (excludes halogenated alkanes) is 2. The van der Waals surface area contributed by atoms with Crippen LogP contribution in [0, 0.1) is 0 Å². The van der Waals surface area contributed by atoms with Gasteiger partial charge in [0.05, 0.1) is 0 Å². The van der Waals surface area contributed by atoms with Gasteiger partial charge in [0.15, 0.2) is 0 Å². The lowest BCUT2D eigenvalue weighted by Crippen LogP contribution is -2.09. The van der Waals surface area contributed by atoms with Crippen molar-refractivity contribution in [2.24, 2.45) is 0 Å². The fourth-order valence-electron chi connectivity index (χ4n) is 0.686. The SMILES string of the molecule is CCCCC=C[Si](C)(C)I. The molecule has 0 heterocycles. The quantitative estimate of drug-likeness (QED) is 0.314. The molecule has 0 fully saturated rings. The van der Waals surface area contributed by atoms with E-state index in [0.717, 1.165) is 0 Å². The first kappa shape index (κ1) is 10.7. The molecule has 0 N–H and O–H groups in total. The zero-order valence-corrected chi connectivity index (χ0v) is 10.3. The third kappa shape index (κ3) is 8.69. The predicted octanol–water partition coefficient (Wildman–Crippen LogP) is 3.91. The number of halogens is 1. The molecule has 0 aliphatic carbocycles. The van der Waals surface area contributed by atoms with Crippen LogP contribution in [0.3, 0.4) is 0 Å². The highest BCUT2D eigenvalue weighted by molar-refractivity contribution is 14.1. The Kier molecular flexibility index (Phi) is 5.72. The fraction of sp³-hybridized carbons (Fsp3) is 0.750. The van der Waals surface area contributed by atoms with E-state index < -0.39 is 5.57 Å². The third-order valence-corrected chi connectivity index (χ3v) is 3.35. The molecule has 0 aliphatic heterocycles. The van der Waals surface area contributed by atoms with Crippen molar-refractivity contribution in [2.75, 3.05) is 0 Å². The van der Waals surface area contributed by atoms with Crippen LogP contribution in [0.2, 0.25) is 13.1 Å². The molecule has 0 rings (SSSR count). The van der Waals surface area contributed by atoms with Crippen LogP contribution in [0.15, 0.2) is 11.8 Å². The van der Waals surface area contributed by atoms with Crippen molar-refractivity contribution in [1.82, 2.24) is 0 Å². The Balaban J connectivity index is 3.37. The monoisotopic (exact) mass is 268 g/mol. The molecule has 0 atom stereocenters. The van der Waals surface area contributed by atoms with Crippen LogP contribution in [0.4, 0.5) is 0 Å². The van der Waals surface area contributed by atoms with Crippen molar-refractivity contribution in [1.29, 1.82) is 0 Å². The molecule has 0 unspecified atom stereocenters. The van der Waals surface area contributed by atoms with Gasteiger partial charge in [-0.15, -0.1) is 21.8 Å². The van der Waals surface area contributed by atoms with Gasteiger partial charge in [-0.1, -0.05) is 44.6 Å². The van der Waals surface area contributed by atoms with E-state index in [-0.39, 0.29) is 0 Å². The first-order valence-electron chi connectivity index (χ1n) is 3.93. The second-order valence-corrected chi connectivity index (χ2v) is 14.9. The smallest absolute Gasteiger partial charge is 0.114 e. The van der Waals surface area contributed by atoms with Crippen molar-refractivity contribution >= 4 is 27.4 Å². The Morgan fingerprint density at radius 3 is 2.40 bits per heavy atom. The van der Waals surface area contributed by atoms with E-state index in [0.29, 0.717) is 0 Å². The van der Waals surface area contributed by atoms with E-state index in [2.05, 4.69) is 53.6 Å². The van der Waals surface area contributed by atoms with Crippen LogP contribution in [0.25, 0.3) is 0 Å². The van der Waals surface area contributed by atoms with Gasteiger partial charge in [-0.3, -0.25) is 0 Å². The highest BCUT2D eigenvalue weighted by atomic mass is 127. The molecule has 0 spiro atoms. The number of hydrogen-bond donors (Lipinski definition) is 0. The average molecular weight is 268 g/mol. The summed E-state index contributed by atoms with van der Waals surface area (Å²) in [6.07, 6.45) is 6.28. The largest absolute Gasteiger partial charge is 0.142 e. The number of rotatable bonds is 4. The van der Waals surface area contributed by atoms with E-state index in [1.807, 2.05) is 0 Å². The molecule has 0 radical (unpaired) electrons. The van der Waals surface area contributed by atoms with Crippen molar-refractivity contribution in [3.8, 4) is 0 Å². The second-order valence-electron chi connectivity index (χ2n) is 3.11. The third-order valence-electron chi connectivity index (χ3n) is 1.24. The van der Waals surface area contributed by atoms with Gasteiger partial charge in [0.1, 0.15) is 5.57 Å². The molecule has 0 nitrogen and oxygen atoms in total. The maximum Gasteiger partial charge on any atom is 0.142 e. The molecule has 2 heteroatoms. The molecule has 10 heavy (non-hydrogen) atoms. The van der Waals surface area contributed by atoms with Crippen LogP contribution in [-0.4, -0.2) is 5.57 Å². The summed E-state index contributed by atoms with van der Waals surface area (Å²) in [6, 6.07) is 0. The standard InChI is InChI=1S/C8H17ISi/c1-4-5-6-7-8-10(2,3)9/h7-8H,4-6H2,1-3H3. The van der Waals surface area contributed by atoms with Gasteiger partial charge < -0.3 is 0 Å². The first-order valence-corrected chi connectivity index (χ1v) is 10.1. The Hall–Kier alpha value is 0.687. The lowest BCUT2D eigenvalue weighted by Gasteiger charge is -2.04. The molecule has 60 valence electrons. The van der Waals surface area contributed by atoms with E-state index in [1.165, 1.54) is 19.3 Å². The van der Waals surface area contributed by atoms with Crippen molar-refractivity contribution < 1.29 is 0 Å². The van der Waals surface area contributed by atoms with Crippen LogP contribution < -0.4 is 0 Å². The topological polar surface area (TPSA) is 0 Å². The Morgan fingerprint density at radius 2 is 2.00 bits per heavy atom. The van der Waals surface area contributed by atoms with Crippen LogP contribution in [-0.2, 0) is 0 Å². The Morgan fingerprint density at radius 1 is 1.40 bits per heavy atom. The summed E-state index contributed by atoms with van der Waals surface area (Å²) in [5.74, 6) is 0. The Labute approximate surface area is 78.3 Å². The lowest BCUT2D eigenvalue weighted by atomic mass is 10.2. The molecule has 0 saturated heterocycles. The molecule has 0 aromatic rings. The Bertz CT molecular complexity index is 102. The summed E-state index contributed by atoms with van der Waals surface area (Å²) in [4.78, 5) is 0. The lowest BCUT2D eigenvalue weighted by molar-refractivity contribution is 0.815. The summed E-state index contributed by atoms with van der Waals surface area (Å²) in [6.45, 7) is 6.95. The van der Waals surface area contributed by atoms with Gasteiger partial charge in [0, 0.05) is 0 Å². The number of hydrogen-bond acceptors (Lipinski definition) is 0. The summed E-state index contributed by atoms with van der Waals surface area (Å²) in [7, 11) is 0.